The zero-order valence-corrected chi connectivity index (χ0v) is 14.1. The van der Waals surface area contributed by atoms with E-state index in [1.807, 2.05) is 18.2 Å². The first-order valence-electron chi connectivity index (χ1n) is 7.23. The summed E-state index contributed by atoms with van der Waals surface area (Å²) in [6.07, 6.45) is 2.05. The van der Waals surface area contributed by atoms with Gasteiger partial charge in [-0.2, -0.15) is 5.26 Å². The minimum Gasteiger partial charge on any atom is -0.324 e. The van der Waals surface area contributed by atoms with Crippen molar-refractivity contribution in [1.29, 1.82) is 5.26 Å². The number of nitrogens with one attached hydrogen (secondary N) is 1. The molecule has 0 spiro atoms. The molecule has 0 radical (unpaired) electrons. The summed E-state index contributed by atoms with van der Waals surface area (Å²) < 4.78 is 0. The average Bonchev–Trinajstić information content (AvgIpc) is 2.55. The molecule has 0 saturated heterocycles. The Kier molecular flexibility index (Phi) is 6.21. The second-order valence-electron chi connectivity index (χ2n) is 5.23. The highest BCUT2D eigenvalue weighted by atomic mass is 32.2. The highest BCUT2D eigenvalue weighted by Crippen LogP contribution is 2.16. The van der Waals surface area contributed by atoms with Gasteiger partial charge in [0.2, 0.25) is 5.91 Å². The Balaban J connectivity index is 1.90. The van der Waals surface area contributed by atoms with E-state index in [1.54, 1.807) is 36.0 Å². The molecule has 5 heteroatoms. The number of hydrogen-bond donors (Lipinski definition) is 1. The van der Waals surface area contributed by atoms with Gasteiger partial charge in [-0.3, -0.25) is 9.69 Å². The van der Waals surface area contributed by atoms with Crippen molar-refractivity contribution < 1.29 is 4.79 Å². The topological polar surface area (TPSA) is 56.1 Å². The van der Waals surface area contributed by atoms with Crippen LogP contribution in [0.25, 0.3) is 0 Å². The Morgan fingerprint density at radius 3 is 2.57 bits per heavy atom. The summed E-state index contributed by atoms with van der Waals surface area (Å²) in [7, 11) is 1.90. The molecule has 0 heterocycles. The number of carbonyl (C=O) groups excluding carboxylic acids is 1. The molecule has 0 fully saturated rings. The summed E-state index contributed by atoms with van der Waals surface area (Å²) in [4.78, 5) is 15.3. The van der Waals surface area contributed by atoms with E-state index in [9.17, 15) is 4.79 Å². The second kappa shape index (κ2) is 8.37. The standard InChI is InChI=1S/C18H19N3OS/c1-21(12-14-7-9-16(23-2)10-8-14)13-18(22)20-17-6-4-3-5-15(17)11-19/h3-10H,12-13H2,1-2H3,(H,20,22). The average molecular weight is 325 g/mol. The molecule has 0 bridgehead atoms. The first-order valence-corrected chi connectivity index (χ1v) is 8.45. The van der Waals surface area contributed by atoms with Gasteiger partial charge in [0.15, 0.2) is 0 Å². The zero-order chi connectivity index (χ0) is 16.7. The molecule has 118 valence electrons. The summed E-state index contributed by atoms with van der Waals surface area (Å²) in [5.41, 5.74) is 2.18. The van der Waals surface area contributed by atoms with Gasteiger partial charge in [-0.25, -0.2) is 0 Å². The number of benzene rings is 2. The minimum atomic E-state index is -0.129. The number of para-hydroxylation sites is 1. The molecule has 1 N–H and O–H groups in total. The molecule has 0 aliphatic rings. The number of nitrogens with zero attached hydrogens (tertiary/aromatic N) is 2. The lowest BCUT2D eigenvalue weighted by molar-refractivity contribution is -0.117. The Morgan fingerprint density at radius 1 is 1.22 bits per heavy atom. The number of amides is 1. The minimum absolute atomic E-state index is 0.129. The van der Waals surface area contributed by atoms with Gasteiger partial charge in [0.1, 0.15) is 6.07 Å². The summed E-state index contributed by atoms with van der Waals surface area (Å²) in [5.74, 6) is -0.129. The van der Waals surface area contributed by atoms with Crippen LogP contribution in [0, 0.1) is 11.3 Å². The number of nitriles is 1. The van der Waals surface area contributed by atoms with Crippen LogP contribution in [0.1, 0.15) is 11.1 Å². The van der Waals surface area contributed by atoms with E-state index in [0.29, 0.717) is 17.8 Å². The van der Waals surface area contributed by atoms with Crippen LogP contribution in [0.5, 0.6) is 0 Å². The van der Waals surface area contributed by atoms with Gasteiger partial charge in [0, 0.05) is 11.4 Å². The number of rotatable bonds is 6. The molecule has 4 nitrogen and oxygen atoms in total. The van der Waals surface area contributed by atoms with Crippen molar-refractivity contribution in [3.63, 3.8) is 0 Å². The molecule has 0 aliphatic carbocycles. The third-order valence-corrected chi connectivity index (χ3v) is 4.09. The van der Waals surface area contributed by atoms with Crippen LogP contribution in [0.15, 0.2) is 53.4 Å². The van der Waals surface area contributed by atoms with Crippen LogP contribution in [0.4, 0.5) is 5.69 Å². The maximum atomic E-state index is 12.1. The second-order valence-corrected chi connectivity index (χ2v) is 6.11. The van der Waals surface area contributed by atoms with Gasteiger partial charge in [-0.1, -0.05) is 24.3 Å². The third kappa shape index (κ3) is 5.13. The highest BCUT2D eigenvalue weighted by Gasteiger charge is 2.09. The normalized spacial score (nSPS) is 10.3. The number of hydrogen-bond acceptors (Lipinski definition) is 4. The Labute approximate surface area is 141 Å². The monoisotopic (exact) mass is 325 g/mol. The molecule has 2 rings (SSSR count). The summed E-state index contributed by atoms with van der Waals surface area (Å²) >= 11 is 1.71. The highest BCUT2D eigenvalue weighted by molar-refractivity contribution is 7.98. The Bertz CT molecular complexity index is 707. The maximum Gasteiger partial charge on any atom is 0.238 e. The summed E-state index contributed by atoms with van der Waals surface area (Å²) in [6, 6.07) is 17.4. The lowest BCUT2D eigenvalue weighted by atomic mass is 10.2. The van der Waals surface area contributed by atoms with Crippen LogP contribution < -0.4 is 5.32 Å². The van der Waals surface area contributed by atoms with E-state index < -0.39 is 0 Å². The quantitative estimate of drug-likeness (QED) is 0.828. The van der Waals surface area contributed by atoms with Gasteiger partial charge in [-0.05, 0) is 43.1 Å². The van der Waals surface area contributed by atoms with Gasteiger partial charge in [0.05, 0.1) is 17.8 Å². The molecule has 0 aliphatic heterocycles. The van der Waals surface area contributed by atoms with Crippen molar-refractivity contribution in [2.75, 3.05) is 25.2 Å². The van der Waals surface area contributed by atoms with Crippen LogP contribution >= 0.6 is 11.8 Å². The number of carbonyl (C=O) groups is 1. The van der Waals surface area contributed by atoms with Gasteiger partial charge >= 0.3 is 0 Å². The fourth-order valence-electron chi connectivity index (χ4n) is 2.22. The van der Waals surface area contributed by atoms with Crippen molar-refractivity contribution in [1.82, 2.24) is 4.90 Å². The van der Waals surface area contributed by atoms with Crippen molar-refractivity contribution >= 4 is 23.4 Å². The lowest BCUT2D eigenvalue weighted by Gasteiger charge is -2.17. The summed E-state index contributed by atoms with van der Waals surface area (Å²) in [6.45, 7) is 0.964. The van der Waals surface area contributed by atoms with Gasteiger partial charge in [0.25, 0.3) is 0 Å². The molecule has 0 atom stereocenters. The Hall–Kier alpha value is -2.29. The molecule has 2 aromatic rings. The fraction of sp³-hybridized carbons (Fsp3) is 0.222. The van der Waals surface area contributed by atoms with Crippen LogP contribution in [0.3, 0.4) is 0 Å². The predicted molar refractivity (Wildman–Crippen MR) is 94.3 cm³/mol. The molecule has 0 aromatic heterocycles. The first kappa shape index (κ1) is 17.1. The van der Waals surface area contributed by atoms with Gasteiger partial charge < -0.3 is 5.32 Å². The van der Waals surface area contributed by atoms with Crippen molar-refractivity contribution in [2.45, 2.75) is 11.4 Å². The molecule has 2 aromatic carbocycles. The largest absolute Gasteiger partial charge is 0.324 e. The third-order valence-electron chi connectivity index (χ3n) is 3.35. The fourth-order valence-corrected chi connectivity index (χ4v) is 2.63. The molecule has 23 heavy (non-hydrogen) atoms. The van der Waals surface area contributed by atoms with E-state index in [4.69, 9.17) is 5.26 Å². The van der Waals surface area contributed by atoms with E-state index >= 15 is 0 Å². The van der Waals surface area contributed by atoms with E-state index in [0.717, 1.165) is 5.56 Å². The number of likely N-dealkylation sites (N-methyl/N-ethyl adjacent to an activating group) is 1. The predicted octanol–water partition coefficient (Wildman–Crippen LogP) is 3.35. The molecular formula is C18H19N3OS. The molecular weight excluding hydrogens is 306 g/mol. The zero-order valence-electron chi connectivity index (χ0n) is 13.2. The molecule has 1 amide bonds. The van der Waals surface area contributed by atoms with E-state index in [1.165, 1.54) is 4.90 Å². The van der Waals surface area contributed by atoms with Crippen LogP contribution in [0.2, 0.25) is 0 Å². The molecule has 0 saturated carbocycles. The smallest absolute Gasteiger partial charge is 0.238 e. The summed E-state index contributed by atoms with van der Waals surface area (Å²) in [5, 5.41) is 11.8. The first-order chi connectivity index (χ1) is 11.1. The Morgan fingerprint density at radius 2 is 1.91 bits per heavy atom. The van der Waals surface area contributed by atoms with Crippen LogP contribution in [-0.2, 0) is 11.3 Å². The van der Waals surface area contributed by atoms with Crippen molar-refractivity contribution in [3.8, 4) is 6.07 Å². The number of anilines is 1. The van der Waals surface area contributed by atoms with Crippen molar-refractivity contribution in [3.05, 3.63) is 59.7 Å². The maximum absolute atomic E-state index is 12.1. The number of thioether (sulfide) groups is 1. The van der Waals surface area contributed by atoms with Crippen molar-refractivity contribution in [2.24, 2.45) is 0 Å². The SMILES string of the molecule is CSc1ccc(CN(C)CC(=O)Nc2ccccc2C#N)cc1. The van der Waals surface area contributed by atoms with E-state index in [2.05, 4.69) is 35.7 Å². The molecule has 0 unspecified atom stereocenters. The van der Waals surface area contributed by atoms with Crippen LogP contribution in [-0.4, -0.2) is 30.7 Å². The van der Waals surface area contributed by atoms with E-state index in [-0.39, 0.29) is 12.5 Å². The lowest BCUT2D eigenvalue weighted by Crippen LogP contribution is -2.30. The van der Waals surface area contributed by atoms with Gasteiger partial charge in [-0.15, -0.1) is 11.8 Å².